The van der Waals surface area contributed by atoms with E-state index in [1.807, 2.05) is 0 Å². The molecule has 1 rings (SSSR count). The van der Waals surface area contributed by atoms with Crippen molar-refractivity contribution in [3.63, 3.8) is 0 Å². The predicted octanol–water partition coefficient (Wildman–Crippen LogP) is -0.351. The van der Waals surface area contributed by atoms with Crippen LogP contribution in [0.25, 0.3) is 0 Å². The molecule has 0 fully saturated rings. The highest BCUT2D eigenvalue weighted by Crippen LogP contribution is 2.01. The lowest BCUT2D eigenvalue weighted by atomic mass is 10.3. The minimum absolute atomic E-state index is 0.432. The van der Waals surface area contributed by atoms with E-state index in [9.17, 15) is 9.59 Å². The summed E-state index contributed by atoms with van der Waals surface area (Å²) in [5.74, 6) is -1.30. The quantitative estimate of drug-likeness (QED) is 0.559. The van der Waals surface area contributed by atoms with Crippen molar-refractivity contribution in [2.75, 3.05) is 11.9 Å². The first-order valence-electron chi connectivity index (χ1n) is 4.44. The van der Waals surface area contributed by atoms with Crippen LogP contribution in [0.4, 0.5) is 10.5 Å². The monoisotopic (exact) mass is 225 g/mol. The Hall–Kier alpha value is -2.15. The van der Waals surface area contributed by atoms with Gasteiger partial charge in [-0.2, -0.15) is 0 Å². The van der Waals surface area contributed by atoms with Crippen molar-refractivity contribution in [3.05, 3.63) is 24.5 Å². The Balaban J connectivity index is 2.50. The number of hydrogen-bond donors (Lipinski definition) is 4. The van der Waals surface area contributed by atoms with Gasteiger partial charge in [0.05, 0.1) is 18.5 Å². The SMILES string of the molecule is O=C(Nc1cccnc1)N[C@H](CO)C(=O)O. The van der Waals surface area contributed by atoms with E-state index >= 15 is 0 Å². The standard InChI is InChI=1S/C9H11N3O4/c13-5-7(8(14)15)12-9(16)11-6-2-1-3-10-4-6/h1-4,7,13H,5H2,(H,14,15)(H2,11,12,16)/t7-/m1/s1. The first kappa shape index (κ1) is 11.9. The van der Waals surface area contributed by atoms with E-state index in [-0.39, 0.29) is 0 Å². The maximum Gasteiger partial charge on any atom is 0.328 e. The number of aliphatic carboxylic acids is 1. The van der Waals surface area contributed by atoms with Gasteiger partial charge in [-0.3, -0.25) is 4.98 Å². The van der Waals surface area contributed by atoms with Crippen molar-refractivity contribution in [1.82, 2.24) is 10.3 Å². The molecule has 0 radical (unpaired) electrons. The summed E-state index contributed by atoms with van der Waals surface area (Å²) in [6.45, 7) is -0.671. The van der Waals surface area contributed by atoms with Gasteiger partial charge in [0.2, 0.25) is 0 Å². The van der Waals surface area contributed by atoms with Crippen molar-refractivity contribution < 1.29 is 19.8 Å². The molecule has 16 heavy (non-hydrogen) atoms. The highest BCUT2D eigenvalue weighted by atomic mass is 16.4. The Bertz CT molecular complexity index is 368. The van der Waals surface area contributed by atoms with Gasteiger partial charge in [0.25, 0.3) is 0 Å². The van der Waals surface area contributed by atoms with Crippen molar-refractivity contribution in [1.29, 1.82) is 0 Å². The summed E-state index contributed by atoms with van der Waals surface area (Å²) in [5, 5.41) is 21.7. The van der Waals surface area contributed by atoms with Crippen molar-refractivity contribution >= 4 is 17.7 Å². The van der Waals surface area contributed by atoms with Gasteiger partial charge in [-0.05, 0) is 12.1 Å². The van der Waals surface area contributed by atoms with Gasteiger partial charge in [-0.1, -0.05) is 0 Å². The van der Waals surface area contributed by atoms with Crippen molar-refractivity contribution in [3.8, 4) is 0 Å². The highest BCUT2D eigenvalue weighted by molar-refractivity contribution is 5.92. The van der Waals surface area contributed by atoms with Crippen LogP contribution in [-0.4, -0.2) is 39.8 Å². The van der Waals surface area contributed by atoms with Gasteiger partial charge in [-0.15, -0.1) is 0 Å². The smallest absolute Gasteiger partial charge is 0.328 e. The largest absolute Gasteiger partial charge is 0.480 e. The molecule has 0 saturated carbocycles. The Kier molecular flexibility index (Phi) is 4.22. The first-order valence-corrected chi connectivity index (χ1v) is 4.44. The fraction of sp³-hybridized carbons (Fsp3) is 0.222. The summed E-state index contributed by atoms with van der Waals surface area (Å²) in [5.41, 5.74) is 0.432. The fourth-order valence-corrected chi connectivity index (χ4v) is 0.948. The molecule has 0 aliphatic carbocycles. The number of nitrogens with zero attached hydrogens (tertiary/aromatic N) is 1. The zero-order chi connectivity index (χ0) is 12.0. The summed E-state index contributed by atoms with van der Waals surface area (Å²) < 4.78 is 0. The van der Waals surface area contributed by atoms with Crippen LogP contribution in [0.5, 0.6) is 0 Å². The molecule has 7 heteroatoms. The second-order valence-corrected chi connectivity index (χ2v) is 2.91. The van der Waals surface area contributed by atoms with E-state index in [1.165, 1.54) is 12.4 Å². The van der Waals surface area contributed by atoms with E-state index in [1.54, 1.807) is 12.1 Å². The van der Waals surface area contributed by atoms with Crippen LogP contribution in [0, 0.1) is 0 Å². The molecule has 2 amide bonds. The number of hydrogen-bond acceptors (Lipinski definition) is 4. The molecule has 0 saturated heterocycles. The number of carbonyl (C=O) groups excluding carboxylic acids is 1. The second-order valence-electron chi connectivity index (χ2n) is 2.91. The number of pyridine rings is 1. The number of aliphatic hydroxyl groups excluding tert-OH is 1. The molecule has 0 aliphatic rings. The number of carboxylic acid groups (broad SMARTS) is 1. The first-order chi connectivity index (χ1) is 7.63. The van der Waals surface area contributed by atoms with Crippen LogP contribution in [-0.2, 0) is 4.79 Å². The minimum atomic E-state index is -1.32. The Morgan fingerprint density at radius 3 is 2.75 bits per heavy atom. The number of urea groups is 1. The van der Waals surface area contributed by atoms with E-state index in [0.717, 1.165) is 0 Å². The fourth-order valence-electron chi connectivity index (χ4n) is 0.948. The van der Waals surface area contributed by atoms with E-state index in [0.29, 0.717) is 5.69 Å². The third-order valence-corrected chi connectivity index (χ3v) is 1.71. The number of aromatic nitrogens is 1. The topological polar surface area (TPSA) is 112 Å². The van der Waals surface area contributed by atoms with Gasteiger partial charge in [-0.25, -0.2) is 9.59 Å². The number of carbonyl (C=O) groups is 2. The molecule has 4 N–H and O–H groups in total. The molecule has 0 unspecified atom stereocenters. The summed E-state index contributed by atoms with van der Waals surface area (Å²) in [6.07, 6.45) is 2.95. The number of amides is 2. The summed E-state index contributed by atoms with van der Waals surface area (Å²) in [7, 11) is 0. The number of aliphatic hydroxyl groups is 1. The van der Waals surface area contributed by atoms with Crippen LogP contribution >= 0.6 is 0 Å². The van der Waals surface area contributed by atoms with E-state index < -0.39 is 24.6 Å². The molecule has 86 valence electrons. The lowest BCUT2D eigenvalue weighted by molar-refractivity contribution is -0.140. The molecule has 0 spiro atoms. The highest BCUT2D eigenvalue weighted by Gasteiger charge is 2.18. The molecule has 0 bridgehead atoms. The second kappa shape index (κ2) is 5.66. The average molecular weight is 225 g/mol. The molecular formula is C9H11N3O4. The maximum absolute atomic E-state index is 11.3. The number of anilines is 1. The van der Waals surface area contributed by atoms with Gasteiger partial charge in [0.15, 0.2) is 6.04 Å². The molecule has 0 aliphatic heterocycles. The van der Waals surface area contributed by atoms with Crippen LogP contribution in [0.15, 0.2) is 24.5 Å². The van der Waals surface area contributed by atoms with Crippen LogP contribution in [0.3, 0.4) is 0 Å². The summed E-state index contributed by atoms with van der Waals surface area (Å²) in [4.78, 5) is 25.5. The third kappa shape index (κ3) is 3.54. The van der Waals surface area contributed by atoms with Crippen molar-refractivity contribution in [2.24, 2.45) is 0 Å². The van der Waals surface area contributed by atoms with E-state index in [4.69, 9.17) is 10.2 Å². The lowest BCUT2D eigenvalue weighted by Crippen LogP contribution is -2.45. The molecule has 1 aromatic rings. The molecule has 1 atom stereocenters. The zero-order valence-electron chi connectivity index (χ0n) is 8.25. The Morgan fingerprint density at radius 2 is 2.25 bits per heavy atom. The predicted molar refractivity (Wildman–Crippen MR) is 54.9 cm³/mol. The Morgan fingerprint density at radius 1 is 1.50 bits per heavy atom. The number of carboxylic acids is 1. The zero-order valence-corrected chi connectivity index (χ0v) is 8.25. The summed E-state index contributed by atoms with van der Waals surface area (Å²) in [6, 6.07) is 1.18. The number of rotatable bonds is 4. The molecule has 0 aromatic carbocycles. The van der Waals surface area contributed by atoms with Gasteiger partial charge in [0.1, 0.15) is 0 Å². The van der Waals surface area contributed by atoms with Gasteiger partial charge < -0.3 is 20.8 Å². The lowest BCUT2D eigenvalue weighted by Gasteiger charge is -2.12. The van der Waals surface area contributed by atoms with E-state index in [2.05, 4.69) is 15.6 Å². The molecular weight excluding hydrogens is 214 g/mol. The summed E-state index contributed by atoms with van der Waals surface area (Å²) >= 11 is 0. The normalized spacial score (nSPS) is 11.6. The third-order valence-electron chi connectivity index (χ3n) is 1.71. The van der Waals surface area contributed by atoms with Gasteiger partial charge >= 0.3 is 12.0 Å². The molecule has 1 heterocycles. The van der Waals surface area contributed by atoms with Crippen LogP contribution < -0.4 is 10.6 Å². The molecule has 7 nitrogen and oxygen atoms in total. The average Bonchev–Trinajstić information content (AvgIpc) is 2.27. The van der Waals surface area contributed by atoms with Crippen molar-refractivity contribution in [2.45, 2.75) is 6.04 Å². The van der Waals surface area contributed by atoms with Gasteiger partial charge in [0, 0.05) is 6.20 Å². The van der Waals surface area contributed by atoms with Crippen LogP contribution in [0.1, 0.15) is 0 Å². The molecule has 1 aromatic heterocycles. The minimum Gasteiger partial charge on any atom is -0.480 e. The van der Waals surface area contributed by atoms with Crippen LogP contribution in [0.2, 0.25) is 0 Å². The number of nitrogens with one attached hydrogen (secondary N) is 2. The maximum atomic E-state index is 11.3. The Labute approximate surface area is 91.1 Å².